The maximum absolute atomic E-state index is 12.9. The van der Waals surface area contributed by atoms with E-state index < -0.39 is 0 Å². The third kappa shape index (κ3) is 3.44. The van der Waals surface area contributed by atoms with Gasteiger partial charge in [0.1, 0.15) is 0 Å². The highest BCUT2D eigenvalue weighted by Gasteiger charge is 2.46. The van der Waals surface area contributed by atoms with E-state index in [1.807, 2.05) is 32.0 Å². The van der Waals surface area contributed by atoms with Gasteiger partial charge in [0.15, 0.2) is 6.04 Å². The predicted molar refractivity (Wildman–Crippen MR) is 96.1 cm³/mol. The van der Waals surface area contributed by atoms with E-state index in [0.717, 1.165) is 16.0 Å². The summed E-state index contributed by atoms with van der Waals surface area (Å²) in [5.41, 5.74) is 2.84. The lowest BCUT2D eigenvalue weighted by Gasteiger charge is -2.33. The molecule has 1 N–H and O–H groups in total. The van der Waals surface area contributed by atoms with E-state index in [0.29, 0.717) is 38.5 Å². The first-order valence-corrected chi connectivity index (χ1v) is 9.12. The van der Waals surface area contributed by atoms with Gasteiger partial charge in [-0.2, -0.15) is 0 Å². The number of piperazine rings is 1. The van der Waals surface area contributed by atoms with Crippen LogP contribution in [0.3, 0.4) is 0 Å². The normalized spacial score (nSPS) is 21.4. The van der Waals surface area contributed by atoms with Crippen LogP contribution < -0.4 is 9.80 Å². The molecule has 0 spiro atoms. The molecule has 7 nitrogen and oxygen atoms in total. The molecule has 2 fully saturated rings. The Morgan fingerprint density at radius 3 is 2.50 bits per heavy atom. The Morgan fingerprint density at radius 1 is 1.19 bits per heavy atom. The van der Waals surface area contributed by atoms with Gasteiger partial charge in [0, 0.05) is 0 Å². The van der Waals surface area contributed by atoms with Crippen molar-refractivity contribution in [1.82, 2.24) is 4.90 Å². The number of hydrogen-bond donors (Lipinski definition) is 1. The third-order valence-electron chi connectivity index (χ3n) is 5.32. The minimum Gasteiger partial charge on any atom is -0.450 e. The molecule has 0 unspecified atom stereocenters. The molecule has 1 aromatic carbocycles. The van der Waals surface area contributed by atoms with Crippen molar-refractivity contribution in [2.75, 3.05) is 37.7 Å². The first-order chi connectivity index (χ1) is 12.4. The number of nitrogens with one attached hydrogen (secondary N) is 1. The van der Waals surface area contributed by atoms with E-state index in [1.54, 1.807) is 11.8 Å². The molecule has 1 aromatic rings. The van der Waals surface area contributed by atoms with Crippen LogP contribution in [0, 0.1) is 13.8 Å². The molecule has 2 heterocycles. The van der Waals surface area contributed by atoms with E-state index in [1.165, 1.54) is 4.90 Å². The predicted octanol–water partition coefficient (Wildman–Crippen LogP) is 0.292. The molecule has 26 heavy (non-hydrogen) atoms. The molecule has 2 aliphatic rings. The fourth-order valence-corrected chi connectivity index (χ4v) is 3.63. The molecular weight excluding hydrogens is 334 g/mol. The van der Waals surface area contributed by atoms with Crippen molar-refractivity contribution in [3.8, 4) is 0 Å². The molecule has 2 aliphatic heterocycles. The average molecular weight is 360 g/mol. The molecule has 0 saturated carbocycles. The first kappa shape index (κ1) is 18.4. The number of ether oxygens (including phenoxy) is 1. The minimum atomic E-state index is -0.367. The molecule has 0 radical (unpaired) electrons. The van der Waals surface area contributed by atoms with Crippen molar-refractivity contribution >= 4 is 23.6 Å². The molecule has 2 saturated heterocycles. The smallest absolute Gasteiger partial charge is 0.410 e. The second kappa shape index (κ2) is 7.45. The fourth-order valence-electron chi connectivity index (χ4n) is 3.63. The Balaban J connectivity index is 1.68. The summed E-state index contributed by atoms with van der Waals surface area (Å²) in [5.74, 6) is -0.290. The quantitative estimate of drug-likeness (QED) is 0.787. The van der Waals surface area contributed by atoms with Gasteiger partial charge in [-0.15, -0.1) is 0 Å². The number of imide groups is 1. The Kier molecular flexibility index (Phi) is 5.27. The largest absolute Gasteiger partial charge is 0.450 e. The second-order valence-electron chi connectivity index (χ2n) is 6.94. The zero-order valence-corrected chi connectivity index (χ0v) is 15.6. The van der Waals surface area contributed by atoms with Crippen molar-refractivity contribution in [2.45, 2.75) is 33.2 Å². The van der Waals surface area contributed by atoms with Gasteiger partial charge in [0.25, 0.3) is 5.91 Å². The Labute approximate surface area is 153 Å². The summed E-state index contributed by atoms with van der Waals surface area (Å²) in [6.07, 6.45) is -0.0855. The van der Waals surface area contributed by atoms with Crippen LogP contribution in [0.1, 0.15) is 24.5 Å². The monoisotopic (exact) mass is 360 g/mol. The SMILES string of the molecule is CCOC(=O)N1CC[NH+]([C@@H]2CC(=O)N(c3ccc(C)c(C)c3)C2=O)CC1. The van der Waals surface area contributed by atoms with Gasteiger partial charge < -0.3 is 9.64 Å². The van der Waals surface area contributed by atoms with Crippen LogP contribution in [0.15, 0.2) is 18.2 Å². The lowest BCUT2D eigenvalue weighted by atomic mass is 10.1. The van der Waals surface area contributed by atoms with Gasteiger partial charge in [-0.05, 0) is 44.0 Å². The van der Waals surface area contributed by atoms with Gasteiger partial charge in [-0.1, -0.05) is 6.07 Å². The number of carbonyl (C=O) groups is 3. The Bertz CT molecular complexity index is 725. The van der Waals surface area contributed by atoms with Crippen LogP contribution >= 0.6 is 0 Å². The Morgan fingerprint density at radius 2 is 1.88 bits per heavy atom. The molecule has 1 atom stereocenters. The summed E-state index contributed by atoms with van der Waals surface area (Å²) in [6.45, 7) is 8.47. The maximum atomic E-state index is 12.9. The van der Waals surface area contributed by atoms with Gasteiger partial charge in [0.2, 0.25) is 5.91 Å². The van der Waals surface area contributed by atoms with E-state index in [-0.39, 0.29) is 30.4 Å². The summed E-state index contributed by atoms with van der Waals surface area (Å²) in [7, 11) is 0. The highest BCUT2D eigenvalue weighted by molar-refractivity contribution is 6.21. The summed E-state index contributed by atoms with van der Waals surface area (Å²) in [4.78, 5) is 41.3. The summed E-state index contributed by atoms with van der Waals surface area (Å²) >= 11 is 0. The van der Waals surface area contributed by atoms with E-state index in [9.17, 15) is 14.4 Å². The molecule has 0 aromatic heterocycles. The van der Waals surface area contributed by atoms with Crippen molar-refractivity contribution < 1.29 is 24.0 Å². The number of amides is 3. The lowest BCUT2D eigenvalue weighted by molar-refractivity contribution is -0.918. The number of nitrogens with zero attached hydrogens (tertiary/aromatic N) is 2. The lowest BCUT2D eigenvalue weighted by Crippen LogP contribution is -3.19. The maximum Gasteiger partial charge on any atom is 0.410 e. The molecule has 0 bridgehead atoms. The molecule has 140 valence electrons. The number of carbonyl (C=O) groups excluding carboxylic acids is 3. The van der Waals surface area contributed by atoms with E-state index in [2.05, 4.69) is 0 Å². The van der Waals surface area contributed by atoms with Crippen LogP contribution in [-0.2, 0) is 14.3 Å². The van der Waals surface area contributed by atoms with Gasteiger partial charge in [0.05, 0.1) is 44.9 Å². The van der Waals surface area contributed by atoms with Gasteiger partial charge in [-0.25, -0.2) is 9.69 Å². The second-order valence-corrected chi connectivity index (χ2v) is 6.94. The standard InChI is InChI=1S/C19H25N3O4/c1-4-26-19(25)21-9-7-20(8-10-21)16-12-17(23)22(18(16)24)15-6-5-13(2)14(3)11-15/h5-6,11,16H,4,7-10,12H2,1-3H3/p+1/t16-/m1/s1. The number of anilines is 1. The first-order valence-electron chi connectivity index (χ1n) is 9.12. The van der Waals surface area contributed by atoms with Gasteiger partial charge in [-0.3, -0.25) is 14.5 Å². The number of benzene rings is 1. The minimum absolute atomic E-state index is 0.141. The number of hydrogen-bond acceptors (Lipinski definition) is 4. The summed E-state index contributed by atoms with van der Waals surface area (Å²) < 4.78 is 5.02. The highest BCUT2D eigenvalue weighted by Crippen LogP contribution is 2.24. The van der Waals surface area contributed by atoms with E-state index in [4.69, 9.17) is 4.74 Å². The zero-order chi connectivity index (χ0) is 18.8. The van der Waals surface area contributed by atoms with Gasteiger partial charge >= 0.3 is 6.09 Å². The number of rotatable bonds is 3. The average Bonchev–Trinajstić information content (AvgIpc) is 2.92. The number of aryl methyl sites for hydroxylation is 2. The summed E-state index contributed by atoms with van der Waals surface area (Å²) in [6, 6.07) is 5.29. The molecule has 7 heteroatoms. The molecule has 0 aliphatic carbocycles. The molecule has 3 amide bonds. The topological polar surface area (TPSA) is 71.4 Å². The van der Waals surface area contributed by atoms with Crippen molar-refractivity contribution in [3.63, 3.8) is 0 Å². The van der Waals surface area contributed by atoms with Crippen molar-refractivity contribution in [1.29, 1.82) is 0 Å². The summed E-state index contributed by atoms with van der Waals surface area (Å²) in [5, 5.41) is 0. The zero-order valence-electron chi connectivity index (χ0n) is 15.6. The van der Waals surface area contributed by atoms with Crippen LogP contribution in [0.2, 0.25) is 0 Å². The van der Waals surface area contributed by atoms with Crippen LogP contribution in [-0.4, -0.2) is 61.6 Å². The molecular formula is C19H26N3O4+. The van der Waals surface area contributed by atoms with Crippen molar-refractivity contribution in [3.05, 3.63) is 29.3 Å². The third-order valence-corrected chi connectivity index (χ3v) is 5.32. The van der Waals surface area contributed by atoms with Crippen LogP contribution in [0.4, 0.5) is 10.5 Å². The highest BCUT2D eigenvalue weighted by atomic mass is 16.6. The number of quaternary nitrogens is 1. The van der Waals surface area contributed by atoms with Crippen LogP contribution in [0.5, 0.6) is 0 Å². The van der Waals surface area contributed by atoms with E-state index >= 15 is 0 Å². The van der Waals surface area contributed by atoms with Crippen LogP contribution in [0.25, 0.3) is 0 Å². The fraction of sp³-hybridized carbons (Fsp3) is 0.526. The van der Waals surface area contributed by atoms with Crippen molar-refractivity contribution in [2.24, 2.45) is 0 Å². The molecule has 3 rings (SSSR count). The Hall–Kier alpha value is -2.41.